The molecule has 4 rings (SSSR count). The lowest BCUT2D eigenvalue weighted by Gasteiger charge is -2.59. The van der Waals surface area contributed by atoms with E-state index in [1.54, 1.807) is 0 Å². The molecule has 0 aromatic heterocycles. The first kappa shape index (κ1) is 9.14. The molecular formula is C7H15IN4. The SMILES string of the molecule is C[N+]12CN3CN(CN(C3)C1)C2.[I-]. The van der Waals surface area contributed by atoms with Gasteiger partial charge in [0.05, 0.1) is 27.1 Å². The van der Waals surface area contributed by atoms with Crippen LogP contribution in [0.15, 0.2) is 0 Å². The molecule has 4 bridgehead atoms. The first-order valence-corrected chi connectivity index (χ1v) is 4.24. The maximum atomic E-state index is 2.52. The Hall–Kier alpha value is 0.570. The Labute approximate surface area is 90.3 Å². The van der Waals surface area contributed by atoms with Gasteiger partial charge in [0.25, 0.3) is 0 Å². The van der Waals surface area contributed by atoms with Crippen molar-refractivity contribution in [2.45, 2.75) is 0 Å². The smallest absolute Gasteiger partial charge is 0.139 e. The predicted molar refractivity (Wildman–Crippen MR) is 40.9 cm³/mol. The summed E-state index contributed by atoms with van der Waals surface area (Å²) in [6.45, 7) is 7.37. The highest BCUT2D eigenvalue weighted by atomic mass is 127. The van der Waals surface area contributed by atoms with Gasteiger partial charge < -0.3 is 24.0 Å². The van der Waals surface area contributed by atoms with Crippen molar-refractivity contribution in [3.63, 3.8) is 0 Å². The first-order chi connectivity index (χ1) is 5.23. The minimum Gasteiger partial charge on any atom is -1.00 e. The average Bonchev–Trinajstić information content (AvgIpc) is 1.79. The van der Waals surface area contributed by atoms with Crippen LogP contribution in [0.2, 0.25) is 0 Å². The van der Waals surface area contributed by atoms with E-state index in [2.05, 4.69) is 21.7 Å². The van der Waals surface area contributed by atoms with Gasteiger partial charge in [-0.2, -0.15) is 0 Å². The molecule has 0 aromatic carbocycles. The summed E-state index contributed by atoms with van der Waals surface area (Å²) in [5.41, 5.74) is 0. The van der Waals surface area contributed by atoms with Gasteiger partial charge >= 0.3 is 0 Å². The summed E-state index contributed by atoms with van der Waals surface area (Å²) in [6.07, 6.45) is 0. The van der Waals surface area contributed by atoms with Gasteiger partial charge in [-0.15, -0.1) is 0 Å². The van der Waals surface area contributed by atoms with Gasteiger partial charge in [-0.05, 0) is 0 Å². The summed E-state index contributed by atoms with van der Waals surface area (Å²) in [5, 5.41) is 0. The lowest BCUT2D eigenvalue weighted by atomic mass is 10.3. The molecule has 12 heavy (non-hydrogen) atoms. The van der Waals surface area contributed by atoms with Crippen LogP contribution in [0.1, 0.15) is 0 Å². The number of halogens is 1. The van der Waals surface area contributed by atoms with Gasteiger partial charge in [-0.1, -0.05) is 0 Å². The molecule has 70 valence electrons. The summed E-state index contributed by atoms with van der Waals surface area (Å²) in [5.74, 6) is 0. The van der Waals surface area contributed by atoms with Crippen molar-refractivity contribution in [2.75, 3.05) is 47.1 Å². The number of quaternary nitrogens is 1. The van der Waals surface area contributed by atoms with Crippen LogP contribution in [0, 0.1) is 0 Å². The number of rotatable bonds is 0. The van der Waals surface area contributed by atoms with Crippen LogP contribution in [0.3, 0.4) is 0 Å². The second kappa shape index (κ2) is 2.78. The molecule has 0 radical (unpaired) electrons. The summed E-state index contributed by atoms with van der Waals surface area (Å²) < 4.78 is 1.21. The molecule has 4 saturated heterocycles. The lowest BCUT2D eigenvalue weighted by Crippen LogP contribution is -3.00. The largest absolute Gasteiger partial charge is 1.00 e. The van der Waals surface area contributed by atoms with Crippen molar-refractivity contribution in [3.05, 3.63) is 0 Å². The molecular weight excluding hydrogens is 267 g/mol. The summed E-state index contributed by atoms with van der Waals surface area (Å²) in [6, 6.07) is 0. The van der Waals surface area contributed by atoms with Gasteiger partial charge in [0.15, 0.2) is 0 Å². The zero-order valence-corrected chi connectivity index (χ0v) is 9.57. The molecule has 0 saturated carbocycles. The molecule has 0 unspecified atom stereocenters. The quantitative estimate of drug-likeness (QED) is 0.332. The molecule has 4 aliphatic heterocycles. The highest BCUT2D eigenvalue weighted by molar-refractivity contribution is 4.72. The van der Waals surface area contributed by atoms with Crippen molar-refractivity contribution < 1.29 is 28.5 Å². The second-order valence-corrected chi connectivity index (χ2v) is 4.48. The Morgan fingerprint density at radius 3 is 1.42 bits per heavy atom. The van der Waals surface area contributed by atoms with E-state index in [0.29, 0.717) is 0 Å². The van der Waals surface area contributed by atoms with E-state index >= 15 is 0 Å². The van der Waals surface area contributed by atoms with E-state index in [-0.39, 0.29) is 24.0 Å². The van der Waals surface area contributed by atoms with Crippen LogP contribution in [-0.4, -0.2) is 66.2 Å². The van der Waals surface area contributed by atoms with Gasteiger partial charge in [0.1, 0.15) is 20.0 Å². The van der Waals surface area contributed by atoms with E-state index < -0.39 is 0 Å². The predicted octanol–water partition coefficient (Wildman–Crippen LogP) is -3.87. The molecule has 5 heteroatoms. The maximum Gasteiger partial charge on any atom is 0.139 e. The third-order valence-electron chi connectivity index (χ3n) is 2.82. The Bertz CT molecular complexity index is 161. The Morgan fingerprint density at radius 2 is 1.17 bits per heavy atom. The van der Waals surface area contributed by atoms with E-state index in [4.69, 9.17) is 0 Å². The molecule has 4 fully saturated rings. The van der Waals surface area contributed by atoms with Crippen LogP contribution in [0.5, 0.6) is 0 Å². The van der Waals surface area contributed by atoms with Crippen LogP contribution >= 0.6 is 0 Å². The van der Waals surface area contributed by atoms with Crippen LogP contribution in [0.25, 0.3) is 0 Å². The Morgan fingerprint density at radius 1 is 0.833 bits per heavy atom. The van der Waals surface area contributed by atoms with Crippen molar-refractivity contribution >= 4 is 0 Å². The fourth-order valence-corrected chi connectivity index (χ4v) is 2.83. The highest BCUT2D eigenvalue weighted by Crippen LogP contribution is 2.25. The Kier molecular flexibility index (Phi) is 2.12. The van der Waals surface area contributed by atoms with E-state index in [1.165, 1.54) is 44.5 Å². The van der Waals surface area contributed by atoms with Crippen molar-refractivity contribution in [1.82, 2.24) is 14.7 Å². The zero-order valence-electron chi connectivity index (χ0n) is 7.41. The molecule has 0 spiro atoms. The van der Waals surface area contributed by atoms with Gasteiger partial charge in [0.2, 0.25) is 0 Å². The van der Waals surface area contributed by atoms with Crippen LogP contribution < -0.4 is 24.0 Å². The minimum absolute atomic E-state index is 0. The molecule has 4 aliphatic rings. The lowest BCUT2D eigenvalue weighted by molar-refractivity contribution is -0.963. The monoisotopic (exact) mass is 282 g/mol. The third-order valence-corrected chi connectivity index (χ3v) is 2.82. The van der Waals surface area contributed by atoms with Gasteiger partial charge in [0, 0.05) is 0 Å². The Balaban J connectivity index is 0.000000563. The third kappa shape index (κ3) is 1.27. The molecule has 0 N–H and O–H groups in total. The number of hydrogen-bond donors (Lipinski definition) is 0. The fraction of sp³-hybridized carbons (Fsp3) is 1.00. The second-order valence-electron chi connectivity index (χ2n) is 4.48. The summed E-state index contributed by atoms with van der Waals surface area (Å²) >= 11 is 0. The van der Waals surface area contributed by atoms with E-state index in [0.717, 1.165) is 0 Å². The average molecular weight is 282 g/mol. The van der Waals surface area contributed by atoms with Crippen molar-refractivity contribution in [2.24, 2.45) is 0 Å². The van der Waals surface area contributed by atoms with Crippen LogP contribution in [0.4, 0.5) is 0 Å². The van der Waals surface area contributed by atoms with Crippen LogP contribution in [-0.2, 0) is 0 Å². The minimum atomic E-state index is 0. The standard InChI is InChI=1S/C7H15N4.HI/c1-11-5-8-2-9(6-11)4-10(3-8)7-11;/h2-7H2,1H3;1H/q+1;/p-1. The van der Waals surface area contributed by atoms with Crippen molar-refractivity contribution in [1.29, 1.82) is 0 Å². The topological polar surface area (TPSA) is 9.72 Å². The zero-order chi connectivity index (χ0) is 7.47. The van der Waals surface area contributed by atoms with Gasteiger partial charge in [-0.25, -0.2) is 14.7 Å². The highest BCUT2D eigenvalue weighted by Gasteiger charge is 2.45. The molecule has 4 heterocycles. The first-order valence-electron chi connectivity index (χ1n) is 4.24. The number of hydrogen-bond acceptors (Lipinski definition) is 3. The molecule has 0 aliphatic carbocycles. The number of nitrogens with zero attached hydrogens (tertiary/aromatic N) is 4. The molecule has 4 nitrogen and oxygen atoms in total. The normalized spacial score (nSPS) is 55.2. The maximum absolute atomic E-state index is 2.52. The van der Waals surface area contributed by atoms with Gasteiger partial charge in [-0.3, -0.25) is 4.48 Å². The van der Waals surface area contributed by atoms with E-state index in [1.807, 2.05) is 0 Å². The van der Waals surface area contributed by atoms with E-state index in [9.17, 15) is 0 Å². The van der Waals surface area contributed by atoms with Crippen molar-refractivity contribution in [3.8, 4) is 0 Å². The molecule has 0 atom stereocenters. The molecule has 0 aromatic rings. The fourth-order valence-electron chi connectivity index (χ4n) is 2.83. The summed E-state index contributed by atoms with van der Waals surface area (Å²) in [4.78, 5) is 7.57. The summed E-state index contributed by atoms with van der Waals surface area (Å²) in [7, 11) is 2.35. The molecule has 0 amide bonds.